The minimum atomic E-state index is -3.71. The monoisotopic (exact) mass is 494 g/mol. The molecule has 0 unspecified atom stereocenters. The molecule has 0 bridgehead atoms. The fourth-order valence-electron chi connectivity index (χ4n) is 3.36. The topological polar surface area (TPSA) is 101 Å². The number of benzene rings is 3. The predicted molar refractivity (Wildman–Crippen MR) is 126 cm³/mol. The predicted octanol–water partition coefficient (Wildman–Crippen LogP) is 4.75. The summed E-state index contributed by atoms with van der Waals surface area (Å²) in [6.07, 6.45) is 2.28. The van der Waals surface area contributed by atoms with Gasteiger partial charge in [-0.3, -0.25) is 0 Å². The molecule has 0 aliphatic rings. The van der Waals surface area contributed by atoms with E-state index in [2.05, 4.69) is 27.3 Å². The van der Waals surface area contributed by atoms with Crippen LogP contribution in [0.2, 0.25) is 0 Å². The number of rotatable bonds is 6. The van der Waals surface area contributed by atoms with E-state index in [-0.39, 0.29) is 4.90 Å². The zero-order valence-electron chi connectivity index (χ0n) is 16.4. The van der Waals surface area contributed by atoms with Crippen molar-refractivity contribution in [1.29, 1.82) is 5.26 Å². The Bertz CT molecular complexity index is 1400. The van der Waals surface area contributed by atoms with Gasteiger partial charge in [-0.05, 0) is 64.3 Å². The van der Waals surface area contributed by atoms with E-state index in [1.807, 2.05) is 36.4 Å². The highest BCUT2D eigenvalue weighted by molar-refractivity contribution is 9.10. The van der Waals surface area contributed by atoms with Crippen molar-refractivity contribution in [2.75, 3.05) is 17.6 Å². The van der Waals surface area contributed by atoms with Crippen molar-refractivity contribution in [2.45, 2.75) is 11.3 Å². The zero-order valence-corrected chi connectivity index (χ0v) is 18.8. The van der Waals surface area contributed by atoms with Crippen LogP contribution in [0.4, 0.5) is 11.4 Å². The van der Waals surface area contributed by atoms with Crippen LogP contribution in [-0.4, -0.2) is 18.9 Å². The molecule has 0 saturated heterocycles. The summed E-state index contributed by atoms with van der Waals surface area (Å²) in [6, 6.07) is 21.5. The number of hydrogen-bond acceptors (Lipinski definition) is 5. The van der Waals surface area contributed by atoms with Gasteiger partial charge in [0.1, 0.15) is 6.07 Å². The molecule has 1 heterocycles. The van der Waals surface area contributed by atoms with Gasteiger partial charge in [-0.1, -0.05) is 30.3 Å². The van der Waals surface area contributed by atoms with Crippen LogP contribution in [-0.2, 0) is 16.4 Å². The quantitative estimate of drug-likeness (QED) is 0.376. The summed E-state index contributed by atoms with van der Waals surface area (Å²) in [5.41, 5.74) is 9.07. The third kappa shape index (κ3) is 4.15. The van der Waals surface area contributed by atoms with Crippen molar-refractivity contribution in [2.24, 2.45) is 0 Å². The minimum Gasteiger partial charge on any atom is -0.398 e. The molecule has 0 spiro atoms. The van der Waals surface area contributed by atoms with E-state index in [0.717, 1.165) is 21.1 Å². The van der Waals surface area contributed by atoms with Crippen LogP contribution in [0.15, 0.2) is 82.3 Å². The Balaban J connectivity index is 1.48. The molecule has 1 aromatic heterocycles. The summed E-state index contributed by atoms with van der Waals surface area (Å²) in [5.74, 6) is 0. The van der Waals surface area contributed by atoms with Crippen LogP contribution in [0, 0.1) is 11.3 Å². The molecule has 3 N–H and O–H groups in total. The summed E-state index contributed by atoms with van der Waals surface area (Å²) in [5, 5.41) is 13.2. The first-order valence-electron chi connectivity index (χ1n) is 9.54. The minimum absolute atomic E-state index is 0.231. The van der Waals surface area contributed by atoms with Gasteiger partial charge < -0.3 is 11.1 Å². The molecule has 0 aliphatic heterocycles. The average molecular weight is 495 g/mol. The number of hydrogen-bond donors (Lipinski definition) is 2. The second-order valence-corrected chi connectivity index (χ2v) is 9.70. The molecule has 0 fully saturated rings. The SMILES string of the molecule is N#Cc1cc(NCCc2ccc(S(=O)(=O)n3cc(Br)c4ccccc43)cc2)ccc1N. The van der Waals surface area contributed by atoms with E-state index < -0.39 is 10.0 Å². The lowest BCUT2D eigenvalue weighted by Gasteiger charge is -2.10. The number of nitriles is 1. The van der Waals surface area contributed by atoms with Gasteiger partial charge in [0.2, 0.25) is 0 Å². The van der Waals surface area contributed by atoms with E-state index in [0.29, 0.717) is 29.7 Å². The van der Waals surface area contributed by atoms with Gasteiger partial charge in [-0.2, -0.15) is 5.26 Å². The molecule has 0 radical (unpaired) electrons. The van der Waals surface area contributed by atoms with Crippen molar-refractivity contribution in [3.8, 4) is 6.07 Å². The molecule has 31 heavy (non-hydrogen) atoms. The lowest BCUT2D eigenvalue weighted by molar-refractivity contribution is 0.589. The first-order valence-corrected chi connectivity index (χ1v) is 11.8. The van der Waals surface area contributed by atoms with Crippen LogP contribution in [0.3, 0.4) is 0 Å². The van der Waals surface area contributed by atoms with Crippen LogP contribution in [0.1, 0.15) is 11.1 Å². The second kappa shape index (κ2) is 8.46. The average Bonchev–Trinajstić information content (AvgIpc) is 3.13. The Morgan fingerprint density at radius 1 is 1.06 bits per heavy atom. The third-order valence-corrected chi connectivity index (χ3v) is 7.35. The molecule has 156 valence electrons. The molecule has 6 nitrogen and oxygen atoms in total. The number of nitrogens with two attached hydrogens (primary N) is 1. The summed E-state index contributed by atoms with van der Waals surface area (Å²) >= 11 is 3.44. The lowest BCUT2D eigenvalue weighted by Crippen LogP contribution is -2.12. The fraction of sp³-hybridized carbons (Fsp3) is 0.0870. The van der Waals surface area contributed by atoms with Crippen LogP contribution >= 0.6 is 15.9 Å². The highest BCUT2D eigenvalue weighted by atomic mass is 79.9. The second-order valence-electron chi connectivity index (χ2n) is 7.03. The van der Waals surface area contributed by atoms with Crippen LogP contribution < -0.4 is 11.1 Å². The molecule has 4 aromatic rings. The number of nitrogens with zero attached hydrogens (tertiary/aromatic N) is 2. The third-order valence-electron chi connectivity index (χ3n) is 5.03. The molecular formula is C23H19BrN4O2S. The number of fused-ring (bicyclic) bond motifs is 1. The highest BCUT2D eigenvalue weighted by Crippen LogP contribution is 2.29. The van der Waals surface area contributed by atoms with Gasteiger partial charge in [0.05, 0.1) is 16.0 Å². The highest BCUT2D eigenvalue weighted by Gasteiger charge is 2.20. The molecule has 4 rings (SSSR count). The van der Waals surface area contributed by atoms with E-state index in [4.69, 9.17) is 11.0 Å². The van der Waals surface area contributed by atoms with E-state index in [9.17, 15) is 8.42 Å². The molecular weight excluding hydrogens is 476 g/mol. The number of nitrogens with one attached hydrogen (secondary N) is 1. The van der Waals surface area contributed by atoms with Crippen LogP contribution in [0.25, 0.3) is 10.9 Å². The largest absolute Gasteiger partial charge is 0.398 e. The Morgan fingerprint density at radius 3 is 2.55 bits per heavy atom. The standard InChI is InChI=1S/C23H19BrN4O2S/c24-21-15-28(23-4-2-1-3-20(21)23)31(29,30)19-8-5-16(6-9-19)11-12-27-18-7-10-22(26)17(13-18)14-25/h1-10,13,15,27H,11-12,26H2. The molecule has 0 atom stereocenters. The van der Waals surface area contributed by atoms with Gasteiger partial charge in [-0.25, -0.2) is 12.4 Å². The van der Waals surface area contributed by atoms with E-state index in [1.165, 1.54) is 3.97 Å². The molecule has 0 saturated carbocycles. The smallest absolute Gasteiger partial charge is 0.268 e. The molecule has 3 aromatic carbocycles. The molecule has 0 aliphatic carbocycles. The van der Waals surface area contributed by atoms with E-state index in [1.54, 1.807) is 36.5 Å². The van der Waals surface area contributed by atoms with Crippen molar-refractivity contribution in [3.63, 3.8) is 0 Å². The number of anilines is 2. The zero-order chi connectivity index (χ0) is 22.0. The first-order chi connectivity index (χ1) is 14.9. The fourth-order valence-corrected chi connectivity index (χ4v) is 5.41. The first kappa shape index (κ1) is 21.0. The Labute approximate surface area is 189 Å². The number of aromatic nitrogens is 1. The number of halogens is 1. The van der Waals surface area contributed by atoms with Gasteiger partial charge in [0.25, 0.3) is 10.0 Å². The van der Waals surface area contributed by atoms with Crippen molar-refractivity contribution < 1.29 is 8.42 Å². The van der Waals surface area contributed by atoms with E-state index >= 15 is 0 Å². The van der Waals surface area contributed by atoms with Crippen molar-refractivity contribution >= 4 is 48.2 Å². The van der Waals surface area contributed by atoms with Gasteiger partial charge >= 0.3 is 0 Å². The number of para-hydroxylation sites is 1. The van der Waals surface area contributed by atoms with Gasteiger partial charge in [-0.15, -0.1) is 0 Å². The Hall–Kier alpha value is -3.28. The van der Waals surface area contributed by atoms with Gasteiger partial charge in [0.15, 0.2) is 0 Å². The van der Waals surface area contributed by atoms with Gasteiger partial charge in [0, 0.05) is 34.0 Å². The lowest BCUT2D eigenvalue weighted by atomic mass is 10.1. The van der Waals surface area contributed by atoms with Crippen molar-refractivity contribution in [3.05, 3.63) is 88.5 Å². The molecule has 0 amide bonds. The van der Waals surface area contributed by atoms with Crippen molar-refractivity contribution in [1.82, 2.24) is 3.97 Å². The van der Waals surface area contributed by atoms with Crippen LogP contribution in [0.5, 0.6) is 0 Å². The maximum Gasteiger partial charge on any atom is 0.268 e. The number of nitrogen functional groups attached to an aromatic ring is 1. The maximum atomic E-state index is 13.2. The summed E-state index contributed by atoms with van der Waals surface area (Å²) < 4.78 is 28.3. The Kier molecular flexibility index (Phi) is 5.72. The molecule has 8 heteroatoms. The normalized spacial score (nSPS) is 11.4. The Morgan fingerprint density at radius 2 is 1.81 bits per heavy atom. The maximum absolute atomic E-state index is 13.2. The summed E-state index contributed by atoms with van der Waals surface area (Å²) in [6.45, 7) is 0.635. The summed E-state index contributed by atoms with van der Waals surface area (Å²) in [4.78, 5) is 0.231. The summed E-state index contributed by atoms with van der Waals surface area (Å²) in [7, 11) is -3.71.